The van der Waals surface area contributed by atoms with Crippen LogP contribution in [0.2, 0.25) is 0 Å². The summed E-state index contributed by atoms with van der Waals surface area (Å²) < 4.78 is 34.4. The normalized spacial score (nSPS) is 14.3. The van der Waals surface area contributed by atoms with Crippen LogP contribution in [0.25, 0.3) is 0 Å². The van der Waals surface area contributed by atoms with Gasteiger partial charge in [-0.15, -0.1) is 0 Å². The molecule has 26 heavy (non-hydrogen) atoms. The Bertz CT molecular complexity index is 907. The molecule has 0 aliphatic carbocycles. The van der Waals surface area contributed by atoms with Crippen molar-refractivity contribution in [3.63, 3.8) is 0 Å². The summed E-state index contributed by atoms with van der Waals surface area (Å²) in [4.78, 5) is 18.6. The van der Waals surface area contributed by atoms with E-state index in [-0.39, 0.29) is 23.9 Å². The van der Waals surface area contributed by atoms with Crippen molar-refractivity contribution in [1.82, 2.24) is 19.2 Å². The number of nitrogens with zero attached hydrogens (tertiary/aromatic N) is 3. The van der Waals surface area contributed by atoms with Gasteiger partial charge in [0, 0.05) is 33.8 Å². The minimum absolute atomic E-state index is 0.157. The predicted molar refractivity (Wildman–Crippen MR) is 95.2 cm³/mol. The summed E-state index contributed by atoms with van der Waals surface area (Å²) in [7, 11) is -0.398. The number of methoxy groups -OCH3 is 1. The van der Waals surface area contributed by atoms with E-state index in [0.29, 0.717) is 30.8 Å². The largest absolute Gasteiger partial charge is 0.383 e. The third-order valence-electron chi connectivity index (χ3n) is 4.44. The van der Waals surface area contributed by atoms with Gasteiger partial charge in [-0.1, -0.05) is 12.1 Å². The molecule has 0 spiro atoms. The van der Waals surface area contributed by atoms with Crippen molar-refractivity contribution < 1.29 is 17.9 Å². The molecule has 2 aromatic rings. The molecule has 0 bridgehead atoms. The molecular weight excluding hydrogens is 356 g/mol. The van der Waals surface area contributed by atoms with E-state index in [1.807, 2.05) is 6.07 Å². The van der Waals surface area contributed by atoms with E-state index in [4.69, 9.17) is 4.74 Å². The van der Waals surface area contributed by atoms with Crippen molar-refractivity contribution in [1.29, 1.82) is 0 Å². The van der Waals surface area contributed by atoms with Gasteiger partial charge >= 0.3 is 0 Å². The number of imidazole rings is 1. The first-order valence-electron chi connectivity index (χ1n) is 8.29. The standard InChI is InChI=1S/C17H22N4O4S/c1-20-12-18-10-15(20)17(22)21-8-6-13-4-3-5-16(14(13)11-21)26(23,24)19-7-9-25-2/h3-5,10,12,19H,6-9,11H2,1-2H3. The number of benzene rings is 1. The van der Waals surface area contributed by atoms with Crippen LogP contribution in [0.5, 0.6) is 0 Å². The number of sulfonamides is 1. The highest BCUT2D eigenvalue weighted by Crippen LogP contribution is 2.26. The summed E-state index contributed by atoms with van der Waals surface area (Å²) in [6.45, 7) is 1.28. The molecule has 8 nitrogen and oxygen atoms in total. The van der Waals surface area contributed by atoms with Crippen LogP contribution in [0.1, 0.15) is 21.6 Å². The second-order valence-corrected chi connectivity index (χ2v) is 7.89. The highest BCUT2D eigenvalue weighted by Gasteiger charge is 2.28. The van der Waals surface area contributed by atoms with Crippen LogP contribution in [-0.2, 0) is 34.8 Å². The first kappa shape index (κ1) is 18.6. The number of fused-ring (bicyclic) bond motifs is 1. The Hall–Kier alpha value is -2.23. The molecule has 140 valence electrons. The lowest BCUT2D eigenvalue weighted by Gasteiger charge is -2.30. The Balaban J connectivity index is 1.88. The third kappa shape index (κ3) is 3.64. The van der Waals surface area contributed by atoms with Gasteiger partial charge in [-0.25, -0.2) is 18.1 Å². The Morgan fingerprint density at radius 1 is 1.38 bits per heavy atom. The number of aromatic nitrogens is 2. The number of amides is 1. The molecule has 1 aromatic carbocycles. The first-order chi connectivity index (χ1) is 12.4. The quantitative estimate of drug-likeness (QED) is 0.741. The van der Waals surface area contributed by atoms with Crippen molar-refractivity contribution in [2.45, 2.75) is 17.9 Å². The molecule has 3 rings (SSSR count). The zero-order valence-electron chi connectivity index (χ0n) is 14.8. The predicted octanol–water partition coefficient (Wildman–Crippen LogP) is 0.543. The molecule has 1 aromatic heterocycles. The van der Waals surface area contributed by atoms with Gasteiger partial charge in [-0.2, -0.15) is 0 Å². The smallest absolute Gasteiger partial charge is 0.272 e. The fourth-order valence-corrected chi connectivity index (χ4v) is 4.34. The molecule has 0 saturated heterocycles. The van der Waals surface area contributed by atoms with Gasteiger partial charge in [0.15, 0.2) is 0 Å². The van der Waals surface area contributed by atoms with Gasteiger partial charge in [0.25, 0.3) is 5.91 Å². The molecule has 2 heterocycles. The number of aryl methyl sites for hydroxylation is 1. The first-order valence-corrected chi connectivity index (χ1v) is 9.77. The second kappa shape index (κ2) is 7.56. The van der Waals surface area contributed by atoms with Gasteiger partial charge in [0.2, 0.25) is 10.0 Å². The molecule has 1 aliphatic heterocycles. The van der Waals surface area contributed by atoms with E-state index in [0.717, 1.165) is 5.56 Å². The summed E-state index contributed by atoms with van der Waals surface area (Å²) in [5, 5.41) is 0. The van der Waals surface area contributed by atoms with Crippen molar-refractivity contribution in [2.75, 3.05) is 26.8 Å². The van der Waals surface area contributed by atoms with Crippen LogP contribution in [0.15, 0.2) is 35.6 Å². The molecule has 0 fully saturated rings. The van der Waals surface area contributed by atoms with Crippen molar-refractivity contribution >= 4 is 15.9 Å². The van der Waals surface area contributed by atoms with Gasteiger partial charge in [-0.05, 0) is 23.6 Å². The summed E-state index contributed by atoms with van der Waals surface area (Å²) in [5.41, 5.74) is 2.10. The molecule has 1 N–H and O–H groups in total. The Kier molecular flexibility index (Phi) is 5.40. The van der Waals surface area contributed by atoms with Crippen LogP contribution in [0, 0.1) is 0 Å². The Labute approximate surface area is 152 Å². The fraction of sp³-hybridized carbons (Fsp3) is 0.412. The summed E-state index contributed by atoms with van der Waals surface area (Å²) in [5.74, 6) is -0.157. The van der Waals surface area contributed by atoms with Crippen LogP contribution in [0.4, 0.5) is 0 Å². The molecule has 1 amide bonds. The van der Waals surface area contributed by atoms with E-state index in [9.17, 15) is 13.2 Å². The average Bonchev–Trinajstić information content (AvgIpc) is 3.06. The maximum absolute atomic E-state index is 12.7. The number of ether oxygens (including phenoxy) is 1. The monoisotopic (exact) mass is 378 g/mol. The van der Waals surface area contributed by atoms with E-state index in [1.165, 1.54) is 13.3 Å². The van der Waals surface area contributed by atoms with E-state index in [1.54, 1.807) is 35.0 Å². The molecular formula is C17H22N4O4S. The van der Waals surface area contributed by atoms with Gasteiger partial charge in [0.05, 0.1) is 24.0 Å². The second-order valence-electron chi connectivity index (χ2n) is 6.15. The summed E-state index contributed by atoms with van der Waals surface area (Å²) in [6, 6.07) is 5.23. The number of rotatable bonds is 6. The minimum Gasteiger partial charge on any atom is -0.383 e. The van der Waals surface area contributed by atoms with Crippen molar-refractivity contribution in [2.24, 2.45) is 7.05 Å². The average molecular weight is 378 g/mol. The molecule has 0 atom stereocenters. The highest BCUT2D eigenvalue weighted by molar-refractivity contribution is 7.89. The summed E-state index contributed by atoms with van der Waals surface area (Å²) >= 11 is 0. The van der Waals surface area contributed by atoms with Crippen LogP contribution < -0.4 is 4.72 Å². The van der Waals surface area contributed by atoms with Gasteiger partial charge in [-0.3, -0.25) is 4.79 Å². The van der Waals surface area contributed by atoms with E-state index < -0.39 is 10.0 Å². The zero-order valence-corrected chi connectivity index (χ0v) is 15.6. The van der Waals surface area contributed by atoms with E-state index >= 15 is 0 Å². The minimum atomic E-state index is -3.67. The third-order valence-corrected chi connectivity index (χ3v) is 5.99. The topological polar surface area (TPSA) is 93.5 Å². The maximum atomic E-state index is 12.7. The lowest BCUT2D eigenvalue weighted by Crippen LogP contribution is -2.38. The maximum Gasteiger partial charge on any atom is 0.272 e. The van der Waals surface area contributed by atoms with Gasteiger partial charge in [0.1, 0.15) is 5.69 Å². The van der Waals surface area contributed by atoms with Crippen molar-refractivity contribution in [3.8, 4) is 0 Å². The van der Waals surface area contributed by atoms with Crippen LogP contribution in [0.3, 0.4) is 0 Å². The molecule has 9 heteroatoms. The van der Waals surface area contributed by atoms with Crippen molar-refractivity contribution in [3.05, 3.63) is 47.5 Å². The molecule has 0 unspecified atom stereocenters. The Morgan fingerprint density at radius 3 is 2.88 bits per heavy atom. The van der Waals surface area contributed by atoms with Gasteiger partial charge < -0.3 is 14.2 Å². The Morgan fingerprint density at radius 2 is 2.19 bits per heavy atom. The number of hydrogen-bond donors (Lipinski definition) is 1. The SMILES string of the molecule is COCCNS(=O)(=O)c1cccc2c1CN(C(=O)c1cncn1C)CC2. The zero-order chi connectivity index (χ0) is 18.7. The lowest BCUT2D eigenvalue weighted by atomic mass is 9.99. The lowest BCUT2D eigenvalue weighted by molar-refractivity contribution is 0.0723. The number of carbonyl (C=O) groups is 1. The van der Waals surface area contributed by atoms with E-state index in [2.05, 4.69) is 9.71 Å². The molecule has 0 radical (unpaired) electrons. The molecule has 1 aliphatic rings. The number of hydrogen-bond acceptors (Lipinski definition) is 5. The number of nitrogens with one attached hydrogen (secondary N) is 1. The fourth-order valence-electron chi connectivity index (χ4n) is 3.06. The highest BCUT2D eigenvalue weighted by atomic mass is 32.2. The molecule has 0 saturated carbocycles. The van der Waals surface area contributed by atoms with Crippen LogP contribution in [-0.4, -0.2) is 55.6 Å². The summed E-state index contributed by atoms with van der Waals surface area (Å²) in [6.07, 6.45) is 3.70. The van der Waals surface area contributed by atoms with Crippen LogP contribution >= 0.6 is 0 Å². The number of carbonyl (C=O) groups excluding carboxylic acids is 1.